The molecule has 1 aromatic rings. The van der Waals surface area contributed by atoms with Gasteiger partial charge in [-0.1, -0.05) is 38.1 Å². The first-order valence-electron chi connectivity index (χ1n) is 9.56. The zero-order valence-electron chi connectivity index (χ0n) is 15.9. The molecule has 1 heterocycles. The van der Waals surface area contributed by atoms with Crippen molar-refractivity contribution in [2.75, 3.05) is 6.61 Å². The van der Waals surface area contributed by atoms with Crippen molar-refractivity contribution >= 4 is 11.8 Å². The third-order valence-corrected chi connectivity index (χ3v) is 5.15. The maximum absolute atomic E-state index is 12.8. The molecule has 0 bridgehead atoms. The topological polar surface area (TPSA) is 55.4 Å². The third kappa shape index (κ3) is 3.46. The minimum Gasteiger partial charge on any atom is -0.462 e. The molecule has 1 unspecified atom stereocenters. The summed E-state index contributed by atoms with van der Waals surface area (Å²) in [5, 5.41) is 3.32. The molecule has 2 aliphatic rings. The third-order valence-electron chi connectivity index (χ3n) is 5.15. The number of allylic oxidation sites excluding steroid dienone is 3. The van der Waals surface area contributed by atoms with Gasteiger partial charge in [0.15, 0.2) is 5.78 Å². The average Bonchev–Trinajstić information content (AvgIpc) is 2.65. The van der Waals surface area contributed by atoms with Gasteiger partial charge < -0.3 is 10.1 Å². The molecule has 3 rings (SSSR count). The summed E-state index contributed by atoms with van der Waals surface area (Å²) in [7, 11) is 0. The van der Waals surface area contributed by atoms with Crippen molar-refractivity contribution in [2.24, 2.45) is 0 Å². The Morgan fingerprint density at radius 3 is 2.58 bits per heavy atom. The first kappa shape index (κ1) is 18.4. The number of nitrogens with one attached hydrogen (secondary N) is 1. The van der Waals surface area contributed by atoms with E-state index in [0.717, 1.165) is 48.2 Å². The predicted octanol–water partition coefficient (Wildman–Crippen LogP) is 4.17. The molecule has 0 aromatic heterocycles. The Bertz CT molecular complexity index is 771. The number of ether oxygens (including phenoxy) is 1. The van der Waals surface area contributed by atoms with Gasteiger partial charge in [0.25, 0.3) is 0 Å². The zero-order valence-corrected chi connectivity index (χ0v) is 15.9. The van der Waals surface area contributed by atoms with Gasteiger partial charge in [-0.3, -0.25) is 4.79 Å². The van der Waals surface area contributed by atoms with Gasteiger partial charge in [0, 0.05) is 29.3 Å². The number of hydrogen-bond donors (Lipinski definition) is 1. The summed E-state index contributed by atoms with van der Waals surface area (Å²) in [6, 6.07) is 8.24. The average molecular weight is 353 g/mol. The van der Waals surface area contributed by atoms with Gasteiger partial charge in [0.05, 0.1) is 12.2 Å². The van der Waals surface area contributed by atoms with Crippen molar-refractivity contribution in [3.8, 4) is 0 Å². The Hall–Kier alpha value is -2.36. The number of benzene rings is 1. The fourth-order valence-electron chi connectivity index (χ4n) is 3.81. The van der Waals surface area contributed by atoms with Crippen molar-refractivity contribution in [3.05, 3.63) is 57.9 Å². The molecule has 1 atom stereocenters. The van der Waals surface area contributed by atoms with Crippen LogP contribution in [0.3, 0.4) is 0 Å². The monoisotopic (exact) mass is 353 g/mol. The molecule has 4 nitrogen and oxygen atoms in total. The molecule has 0 radical (unpaired) electrons. The van der Waals surface area contributed by atoms with Gasteiger partial charge in [-0.15, -0.1) is 0 Å². The smallest absolute Gasteiger partial charge is 0.336 e. The van der Waals surface area contributed by atoms with E-state index >= 15 is 0 Å². The standard InChI is InChI=1S/C22H27NO3/c1-4-13-26-22(25)19-14(3)23-17-7-6-8-18(24)21(17)20(19)16-11-9-15(5-2)10-12-16/h9-12,20,23H,4-8,13H2,1-3H3. The lowest BCUT2D eigenvalue weighted by atomic mass is 9.75. The van der Waals surface area contributed by atoms with Gasteiger partial charge in [-0.25, -0.2) is 4.79 Å². The zero-order chi connectivity index (χ0) is 18.7. The van der Waals surface area contributed by atoms with Crippen LogP contribution in [0, 0.1) is 0 Å². The van der Waals surface area contributed by atoms with E-state index in [-0.39, 0.29) is 17.7 Å². The van der Waals surface area contributed by atoms with E-state index in [1.807, 2.05) is 26.0 Å². The fourth-order valence-corrected chi connectivity index (χ4v) is 3.81. The van der Waals surface area contributed by atoms with Crippen LogP contribution in [0.5, 0.6) is 0 Å². The summed E-state index contributed by atoms with van der Waals surface area (Å²) in [4.78, 5) is 25.6. The number of hydrogen-bond acceptors (Lipinski definition) is 4. The van der Waals surface area contributed by atoms with Gasteiger partial charge in [0.1, 0.15) is 0 Å². The van der Waals surface area contributed by atoms with Crippen molar-refractivity contribution in [3.63, 3.8) is 0 Å². The van der Waals surface area contributed by atoms with Crippen LogP contribution in [0.2, 0.25) is 0 Å². The quantitative estimate of drug-likeness (QED) is 0.807. The van der Waals surface area contributed by atoms with Gasteiger partial charge in [0.2, 0.25) is 0 Å². The van der Waals surface area contributed by atoms with Crippen LogP contribution in [0.1, 0.15) is 63.5 Å². The highest BCUT2D eigenvalue weighted by Gasteiger charge is 2.38. The van der Waals surface area contributed by atoms with E-state index in [4.69, 9.17) is 4.74 Å². The molecule has 0 saturated heterocycles. The number of aryl methyl sites for hydroxylation is 1. The maximum Gasteiger partial charge on any atom is 0.336 e. The molecule has 0 fully saturated rings. The molecule has 0 saturated carbocycles. The van der Waals surface area contributed by atoms with Crippen LogP contribution >= 0.6 is 0 Å². The second-order valence-corrected chi connectivity index (χ2v) is 7.00. The highest BCUT2D eigenvalue weighted by molar-refractivity contribution is 6.03. The van der Waals surface area contributed by atoms with Crippen molar-refractivity contribution in [2.45, 2.75) is 58.8 Å². The number of esters is 1. The van der Waals surface area contributed by atoms with Crippen molar-refractivity contribution in [1.29, 1.82) is 0 Å². The highest BCUT2D eigenvalue weighted by Crippen LogP contribution is 2.42. The molecule has 1 aliphatic carbocycles. The van der Waals surface area contributed by atoms with Gasteiger partial charge in [-0.2, -0.15) is 0 Å². The summed E-state index contributed by atoms with van der Waals surface area (Å²) < 4.78 is 5.44. The molecule has 0 amide bonds. The Kier molecular flexibility index (Phi) is 5.60. The Balaban J connectivity index is 2.08. The van der Waals surface area contributed by atoms with Crippen LogP contribution in [0.25, 0.3) is 0 Å². The van der Waals surface area contributed by atoms with E-state index < -0.39 is 0 Å². The Morgan fingerprint density at radius 1 is 1.19 bits per heavy atom. The summed E-state index contributed by atoms with van der Waals surface area (Å²) in [6.45, 7) is 6.37. The summed E-state index contributed by atoms with van der Waals surface area (Å²) in [6.07, 6.45) is 3.97. The number of Topliss-reactive ketones (excluding diaryl/α,β-unsaturated/α-hetero) is 1. The maximum atomic E-state index is 12.8. The lowest BCUT2D eigenvalue weighted by Crippen LogP contribution is -2.34. The highest BCUT2D eigenvalue weighted by atomic mass is 16.5. The van der Waals surface area contributed by atoms with Crippen LogP contribution < -0.4 is 5.32 Å². The summed E-state index contributed by atoms with van der Waals surface area (Å²) in [5.74, 6) is -0.530. The number of ketones is 1. The molecule has 138 valence electrons. The van der Waals surface area contributed by atoms with E-state index in [9.17, 15) is 9.59 Å². The Morgan fingerprint density at radius 2 is 1.92 bits per heavy atom. The van der Waals surface area contributed by atoms with Crippen LogP contribution in [-0.2, 0) is 20.7 Å². The predicted molar refractivity (Wildman–Crippen MR) is 102 cm³/mol. The van der Waals surface area contributed by atoms with E-state index in [1.54, 1.807) is 0 Å². The van der Waals surface area contributed by atoms with E-state index in [1.165, 1.54) is 5.56 Å². The lowest BCUT2D eigenvalue weighted by Gasteiger charge is -2.34. The normalized spacial score (nSPS) is 20.0. The molecular formula is C22H27NO3. The number of carbonyl (C=O) groups is 2. The molecular weight excluding hydrogens is 326 g/mol. The lowest BCUT2D eigenvalue weighted by molar-refractivity contribution is -0.139. The molecule has 1 N–H and O–H groups in total. The van der Waals surface area contributed by atoms with Crippen LogP contribution in [0.15, 0.2) is 46.8 Å². The molecule has 4 heteroatoms. The SMILES string of the molecule is CCCOC(=O)C1=C(C)NC2=C(C(=O)CCC2)C1c1ccc(CC)cc1. The van der Waals surface area contributed by atoms with Crippen molar-refractivity contribution in [1.82, 2.24) is 5.32 Å². The van der Waals surface area contributed by atoms with E-state index in [0.29, 0.717) is 18.6 Å². The summed E-state index contributed by atoms with van der Waals surface area (Å²) in [5.41, 5.74) is 5.29. The number of rotatable bonds is 5. The Labute approximate surface area is 155 Å². The number of carbonyl (C=O) groups excluding carboxylic acids is 2. The fraction of sp³-hybridized carbons (Fsp3) is 0.455. The largest absolute Gasteiger partial charge is 0.462 e. The first-order chi connectivity index (χ1) is 12.6. The van der Waals surface area contributed by atoms with E-state index in [2.05, 4.69) is 24.4 Å². The first-order valence-corrected chi connectivity index (χ1v) is 9.56. The van der Waals surface area contributed by atoms with Crippen LogP contribution in [-0.4, -0.2) is 18.4 Å². The van der Waals surface area contributed by atoms with Gasteiger partial charge in [-0.05, 0) is 43.7 Å². The molecule has 1 aromatic carbocycles. The number of dihydropyridines is 1. The van der Waals surface area contributed by atoms with Gasteiger partial charge >= 0.3 is 5.97 Å². The minimum atomic E-state index is -0.339. The molecule has 26 heavy (non-hydrogen) atoms. The minimum absolute atomic E-state index is 0.136. The second-order valence-electron chi connectivity index (χ2n) is 7.00. The summed E-state index contributed by atoms with van der Waals surface area (Å²) >= 11 is 0. The molecule has 1 aliphatic heterocycles. The molecule has 0 spiro atoms. The van der Waals surface area contributed by atoms with Crippen molar-refractivity contribution < 1.29 is 14.3 Å². The van der Waals surface area contributed by atoms with Crippen LogP contribution in [0.4, 0.5) is 0 Å². The second kappa shape index (κ2) is 7.90.